The maximum atomic E-state index is 12.8. The summed E-state index contributed by atoms with van der Waals surface area (Å²) in [6.45, 7) is 6.21. The minimum atomic E-state index is -0.396. The van der Waals surface area contributed by atoms with Crippen LogP contribution in [0.25, 0.3) is 11.2 Å². The van der Waals surface area contributed by atoms with Gasteiger partial charge in [-0.2, -0.15) is 0 Å². The fourth-order valence-electron chi connectivity index (χ4n) is 3.57. The molecule has 2 heterocycles. The van der Waals surface area contributed by atoms with Gasteiger partial charge in [0.1, 0.15) is 12.9 Å². The lowest BCUT2D eigenvalue weighted by Crippen LogP contribution is -2.28. The second-order valence-corrected chi connectivity index (χ2v) is 7.40. The Morgan fingerprint density at radius 3 is 2.47 bits per heavy atom. The summed E-state index contributed by atoms with van der Waals surface area (Å²) in [5.74, 6) is -0.301. The van der Waals surface area contributed by atoms with Crippen LogP contribution in [-0.2, 0) is 17.9 Å². The number of hydrogen-bond acceptors (Lipinski definition) is 5. The van der Waals surface area contributed by atoms with Crippen molar-refractivity contribution in [1.82, 2.24) is 24.5 Å². The Kier molecular flexibility index (Phi) is 5.14. The Labute approximate surface area is 173 Å². The summed E-state index contributed by atoms with van der Waals surface area (Å²) in [4.78, 5) is 29.7. The summed E-state index contributed by atoms with van der Waals surface area (Å²) in [6.07, 6.45) is 1.37. The lowest BCUT2D eigenvalue weighted by Gasteiger charge is -2.13. The van der Waals surface area contributed by atoms with Crippen molar-refractivity contribution in [2.45, 2.75) is 33.9 Å². The minimum absolute atomic E-state index is 0.143. The summed E-state index contributed by atoms with van der Waals surface area (Å²) >= 11 is 0. The zero-order valence-electron chi connectivity index (χ0n) is 17.1. The SMILES string of the molecule is Cc1cc(C)c(NC(=O)Cn2cnc3c(nnn3Cc3ccccc3)c2=O)c(C)c1. The van der Waals surface area contributed by atoms with E-state index in [1.54, 1.807) is 4.68 Å². The van der Waals surface area contributed by atoms with Crippen molar-refractivity contribution < 1.29 is 4.79 Å². The highest BCUT2D eigenvalue weighted by Gasteiger charge is 2.15. The molecule has 0 saturated heterocycles. The van der Waals surface area contributed by atoms with Gasteiger partial charge in [0.25, 0.3) is 5.56 Å². The molecular weight excluding hydrogens is 380 g/mol. The molecule has 1 N–H and O–H groups in total. The van der Waals surface area contributed by atoms with Gasteiger partial charge in [-0.15, -0.1) is 5.10 Å². The number of amides is 1. The molecule has 0 aliphatic rings. The molecule has 0 aliphatic carbocycles. The summed E-state index contributed by atoms with van der Waals surface area (Å²) in [5, 5.41) is 11.0. The number of carbonyl (C=O) groups excluding carboxylic acids is 1. The van der Waals surface area contributed by atoms with Crippen molar-refractivity contribution in [3.8, 4) is 0 Å². The van der Waals surface area contributed by atoms with Crippen molar-refractivity contribution >= 4 is 22.8 Å². The third-order valence-corrected chi connectivity index (χ3v) is 4.92. The molecule has 0 bridgehead atoms. The number of nitrogens with one attached hydrogen (secondary N) is 1. The molecule has 4 aromatic rings. The number of benzene rings is 2. The van der Waals surface area contributed by atoms with Crippen LogP contribution in [0.5, 0.6) is 0 Å². The molecule has 4 rings (SSSR count). The van der Waals surface area contributed by atoms with Gasteiger partial charge in [-0.3, -0.25) is 14.2 Å². The lowest BCUT2D eigenvalue weighted by atomic mass is 10.1. The van der Waals surface area contributed by atoms with E-state index < -0.39 is 5.56 Å². The average molecular weight is 402 g/mol. The predicted molar refractivity (Wildman–Crippen MR) is 114 cm³/mol. The first-order valence-electron chi connectivity index (χ1n) is 9.62. The fraction of sp³-hybridized carbons (Fsp3) is 0.227. The average Bonchev–Trinajstić information content (AvgIpc) is 3.11. The van der Waals surface area contributed by atoms with Gasteiger partial charge >= 0.3 is 0 Å². The molecule has 0 fully saturated rings. The van der Waals surface area contributed by atoms with Crippen LogP contribution in [0.2, 0.25) is 0 Å². The van der Waals surface area contributed by atoms with Crippen LogP contribution in [0.1, 0.15) is 22.3 Å². The first kappa shape index (κ1) is 19.5. The van der Waals surface area contributed by atoms with E-state index in [-0.39, 0.29) is 18.0 Å². The number of carbonyl (C=O) groups is 1. The number of hydrogen-bond donors (Lipinski definition) is 1. The van der Waals surface area contributed by atoms with Crippen LogP contribution in [0.15, 0.2) is 53.6 Å². The van der Waals surface area contributed by atoms with Crippen molar-refractivity contribution in [3.05, 3.63) is 81.4 Å². The van der Waals surface area contributed by atoms with Gasteiger partial charge in [-0.25, -0.2) is 9.67 Å². The second kappa shape index (κ2) is 7.90. The Morgan fingerprint density at radius 2 is 1.77 bits per heavy atom. The van der Waals surface area contributed by atoms with Crippen LogP contribution < -0.4 is 10.9 Å². The molecule has 0 atom stereocenters. The lowest BCUT2D eigenvalue weighted by molar-refractivity contribution is -0.116. The number of nitrogens with zero attached hydrogens (tertiary/aromatic N) is 5. The number of rotatable bonds is 5. The van der Waals surface area contributed by atoms with Crippen molar-refractivity contribution in [3.63, 3.8) is 0 Å². The topological polar surface area (TPSA) is 94.7 Å². The molecule has 1 amide bonds. The molecular formula is C22H22N6O2. The molecule has 0 radical (unpaired) electrons. The summed E-state index contributed by atoms with van der Waals surface area (Å²) in [6, 6.07) is 13.8. The number of fused-ring (bicyclic) bond motifs is 1. The zero-order chi connectivity index (χ0) is 21.3. The first-order valence-corrected chi connectivity index (χ1v) is 9.62. The second-order valence-electron chi connectivity index (χ2n) is 7.40. The Bertz CT molecular complexity index is 1270. The predicted octanol–water partition coefficient (Wildman–Crippen LogP) is 2.60. The van der Waals surface area contributed by atoms with E-state index in [9.17, 15) is 9.59 Å². The van der Waals surface area contributed by atoms with Gasteiger partial charge in [0.15, 0.2) is 11.2 Å². The highest BCUT2D eigenvalue weighted by Crippen LogP contribution is 2.21. The van der Waals surface area contributed by atoms with E-state index in [0.29, 0.717) is 12.2 Å². The first-order chi connectivity index (χ1) is 14.4. The largest absolute Gasteiger partial charge is 0.324 e. The van der Waals surface area contributed by atoms with E-state index in [1.165, 1.54) is 10.9 Å². The van der Waals surface area contributed by atoms with Gasteiger partial charge in [0.2, 0.25) is 5.91 Å². The van der Waals surface area contributed by atoms with Crippen LogP contribution in [0.4, 0.5) is 5.69 Å². The number of aryl methyl sites for hydroxylation is 3. The maximum Gasteiger partial charge on any atom is 0.283 e. The molecule has 2 aromatic heterocycles. The maximum absolute atomic E-state index is 12.8. The smallest absolute Gasteiger partial charge is 0.283 e. The highest BCUT2D eigenvalue weighted by atomic mass is 16.2. The van der Waals surface area contributed by atoms with E-state index in [2.05, 4.69) is 20.6 Å². The Balaban J connectivity index is 1.56. The standard InChI is InChI=1S/C22H22N6O2/c1-14-9-15(2)19(16(3)10-14)24-18(29)12-27-13-23-21-20(22(27)30)25-26-28(21)11-17-7-5-4-6-8-17/h4-10,13H,11-12H2,1-3H3,(H,24,29). The quantitative estimate of drug-likeness (QED) is 0.554. The third kappa shape index (κ3) is 3.84. The molecule has 2 aromatic carbocycles. The van der Waals surface area contributed by atoms with Gasteiger partial charge in [0, 0.05) is 5.69 Å². The molecule has 0 aliphatic heterocycles. The molecule has 0 saturated carbocycles. The molecule has 30 heavy (non-hydrogen) atoms. The molecule has 8 heteroatoms. The van der Waals surface area contributed by atoms with Gasteiger partial charge in [-0.1, -0.05) is 53.2 Å². The highest BCUT2D eigenvalue weighted by molar-refractivity contribution is 5.92. The summed E-state index contributed by atoms with van der Waals surface area (Å²) in [7, 11) is 0. The van der Waals surface area contributed by atoms with Gasteiger partial charge in [-0.05, 0) is 37.5 Å². The number of aromatic nitrogens is 5. The van der Waals surface area contributed by atoms with Crippen LogP contribution in [0, 0.1) is 20.8 Å². The normalized spacial score (nSPS) is 11.0. The molecule has 0 spiro atoms. The Hall–Kier alpha value is -3.81. The van der Waals surface area contributed by atoms with Crippen molar-refractivity contribution in [2.24, 2.45) is 0 Å². The van der Waals surface area contributed by atoms with E-state index >= 15 is 0 Å². The summed E-state index contributed by atoms with van der Waals surface area (Å²) in [5.41, 5.74) is 5.02. The van der Waals surface area contributed by atoms with Crippen molar-refractivity contribution in [1.29, 1.82) is 0 Å². The minimum Gasteiger partial charge on any atom is -0.324 e. The number of anilines is 1. The Morgan fingerprint density at radius 1 is 1.07 bits per heavy atom. The van der Waals surface area contributed by atoms with E-state index in [0.717, 1.165) is 27.9 Å². The van der Waals surface area contributed by atoms with E-state index in [1.807, 2.05) is 63.2 Å². The monoisotopic (exact) mass is 402 g/mol. The van der Waals surface area contributed by atoms with Crippen molar-refractivity contribution in [2.75, 3.05) is 5.32 Å². The van der Waals surface area contributed by atoms with Crippen LogP contribution >= 0.6 is 0 Å². The fourth-order valence-corrected chi connectivity index (χ4v) is 3.57. The molecule has 8 nitrogen and oxygen atoms in total. The zero-order valence-corrected chi connectivity index (χ0v) is 17.1. The molecule has 152 valence electrons. The van der Waals surface area contributed by atoms with Crippen LogP contribution in [0.3, 0.4) is 0 Å². The summed E-state index contributed by atoms with van der Waals surface area (Å²) < 4.78 is 2.83. The van der Waals surface area contributed by atoms with Gasteiger partial charge in [0.05, 0.1) is 6.54 Å². The van der Waals surface area contributed by atoms with E-state index in [4.69, 9.17) is 0 Å². The molecule has 0 unspecified atom stereocenters. The van der Waals surface area contributed by atoms with Gasteiger partial charge < -0.3 is 5.32 Å². The third-order valence-electron chi connectivity index (χ3n) is 4.92. The van der Waals surface area contributed by atoms with Crippen LogP contribution in [-0.4, -0.2) is 30.5 Å².